The number of amides is 1. The molecule has 0 spiro atoms. The number of carbonyl (C=O) groups excluding carboxylic acids is 1. The summed E-state index contributed by atoms with van der Waals surface area (Å²) in [6.07, 6.45) is 3.29. The highest BCUT2D eigenvalue weighted by Gasteiger charge is 2.38. The molecule has 1 amide bonds. The minimum Gasteiger partial charge on any atom is -0.369 e. The summed E-state index contributed by atoms with van der Waals surface area (Å²) in [7, 11) is 0. The topological polar surface area (TPSA) is 44.4 Å². The number of carbonyl (C=O) groups is 1. The molecule has 2 N–H and O–H groups in total. The molecule has 2 aliphatic rings. The lowest BCUT2D eigenvalue weighted by molar-refractivity contribution is -0.131. The van der Waals surface area contributed by atoms with Crippen molar-refractivity contribution in [2.45, 2.75) is 12.1 Å². The van der Waals surface area contributed by atoms with E-state index in [-0.39, 0.29) is 12.1 Å². The fraction of sp³-hybridized carbons (Fsp3) is 0.250. The number of nitrogens with one attached hydrogen (secondary N) is 2. The van der Waals surface area contributed by atoms with Crippen molar-refractivity contribution in [3.05, 3.63) is 48.2 Å². The summed E-state index contributed by atoms with van der Waals surface area (Å²) in [6, 6.07) is 10.3. The van der Waals surface area contributed by atoms with Crippen LogP contribution in [-0.2, 0) is 4.79 Å². The molecule has 1 aromatic carbocycles. The van der Waals surface area contributed by atoms with Crippen LogP contribution in [-0.4, -0.2) is 23.6 Å². The summed E-state index contributed by atoms with van der Waals surface area (Å²) in [5, 5.41) is 4.89. The molecular formula is C12H13N3O. The molecular weight excluding hydrogens is 202 g/mol. The Bertz CT molecular complexity index is 429. The third-order valence-corrected chi connectivity index (χ3v) is 3.10. The van der Waals surface area contributed by atoms with Crippen molar-refractivity contribution in [1.82, 2.24) is 15.8 Å². The number of benzene rings is 1. The Morgan fingerprint density at radius 3 is 2.88 bits per heavy atom. The second kappa shape index (κ2) is 3.64. The van der Waals surface area contributed by atoms with Gasteiger partial charge in [0, 0.05) is 24.7 Å². The van der Waals surface area contributed by atoms with Crippen molar-refractivity contribution in [3.63, 3.8) is 0 Å². The first kappa shape index (κ1) is 9.42. The van der Waals surface area contributed by atoms with Crippen molar-refractivity contribution in [2.75, 3.05) is 6.54 Å². The van der Waals surface area contributed by atoms with E-state index in [1.807, 2.05) is 18.2 Å². The summed E-state index contributed by atoms with van der Waals surface area (Å²) in [5.41, 5.74) is 4.38. The highest BCUT2D eigenvalue weighted by molar-refractivity contribution is 5.88. The average Bonchev–Trinajstić information content (AvgIpc) is 2.75. The van der Waals surface area contributed by atoms with Crippen molar-refractivity contribution in [2.24, 2.45) is 0 Å². The Labute approximate surface area is 93.9 Å². The van der Waals surface area contributed by atoms with Crippen LogP contribution in [0.2, 0.25) is 0 Å². The highest BCUT2D eigenvalue weighted by Crippen LogP contribution is 2.26. The molecule has 2 unspecified atom stereocenters. The number of fused-ring (bicyclic) bond motifs is 1. The van der Waals surface area contributed by atoms with E-state index in [1.54, 1.807) is 11.2 Å². The Balaban J connectivity index is 1.90. The highest BCUT2D eigenvalue weighted by atomic mass is 16.2. The van der Waals surface area contributed by atoms with Crippen LogP contribution in [0.4, 0.5) is 0 Å². The van der Waals surface area contributed by atoms with Crippen molar-refractivity contribution < 1.29 is 4.79 Å². The van der Waals surface area contributed by atoms with Crippen molar-refractivity contribution in [3.8, 4) is 0 Å². The van der Waals surface area contributed by atoms with Crippen molar-refractivity contribution >= 4 is 5.91 Å². The lowest BCUT2D eigenvalue weighted by atomic mass is 9.97. The molecule has 1 saturated heterocycles. The smallest absolute Gasteiger partial charge is 0.264 e. The molecule has 82 valence electrons. The summed E-state index contributed by atoms with van der Waals surface area (Å²) in [4.78, 5) is 11.6. The molecule has 16 heavy (non-hydrogen) atoms. The van der Waals surface area contributed by atoms with Crippen molar-refractivity contribution in [1.29, 1.82) is 0 Å². The van der Waals surface area contributed by atoms with Crippen LogP contribution in [0.5, 0.6) is 0 Å². The maximum absolute atomic E-state index is 11.6. The van der Waals surface area contributed by atoms with Gasteiger partial charge in [-0.2, -0.15) is 0 Å². The van der Waals surface area contributed by atoms with Gasteiger partial charge in [0.15, 0.2) is 0 Å². The van der Waals surface area contributed by atoms with Crippen LogP contribution in [0, 0.1) is 0 Å². The molecule has 0 bridgehead atoms. The zero-order chi connectivity index (χ0) is 11.0. The first-order valence-corrected chi connectivity index (χ1v) is 5.40. The van der Waals surface area contributed by atoms with Gasteiger partial charge in [-0.25, -0.2) is 5.43 Å². The Hall–Kier alpha value is -1.81. The van der Waals surface area contributed by atoms with Gasteiger partial charge in [-0.1, -0.05) is 30.3 Å². The zero-order valence-electron chi connectivity index (χ0n) is 8.76. The van der Waals surface area contributed by atoms with E-state index in [1.165, 1.54) is 11.6 Å². The van der Waals surface area contributed by atoms with Crippen LogP contribution >= 0.6 is 0 Å². The van der Waals surface area contributed by atoms with Gasteiger partial charge in [0.1, 0.15) is 6.17 Å². The molecule has 0 aromatic heterocycles. The van der Waals surface area contributed by atoms with Gasteiger partial charge in [-0.05, 0) is 5.56 Å². The number of nitrogens with zero attached hydrogens (tertiary/aromatic N) is 1. The van der Waals surface area contributed by atoms with E-state index < -0.39 is 0 Å². The normalized spacial score (nSPS) is 27.8. The van der Waals surface area contributed by atoms with Gasteiger partial charge in [0.2, 0.25) is 0 Å². The minimum absolute atomic E-state index is 0.0159. The second-order valence-electron chi connectivity index (χ2n) is 4.03. The number of hydrogen-bond acceptors (Lipinski definition) is 3. The predicted octanol–water partition coefficient (Wildman–Crippen LogP) is 0.560. The van der Waals surface area contributed by atoms with Gasteiger partial charge in [-0.3, -0.25) is 9.80 Å². The summed E-state index contributed by atoms with van der Waals surface area (Å²) in [5.74, 6) is 0.317. The molecule has 4 nitrogen and oxygen atoms in total. The lowest BCUT2D eigenvalue weighted by Crippen LogP contribution is -2.50. The molecule has 2 atom stereocenters. The van der Waals surface area contributed by atoms with Crippen LogP contribution in [0.3, 0.4) is 0 Å². The predicted molar refractivity (Wildman–Crippen MR) is 60.1 cm³/mol. The van der Waals surface area contributed by atoms with Crippen LogP contribution in [0.15, 0.2) is 42.6 Å². The third kappa shape index (κ3) is 1.39. The van der Waals surface area contributed by atoms with Gasteiger partial charge in [-0.15, -0.1) is 0 Å². The van der Waals surface area contributed by atoms with E-state index in [0.29, 0.717) is 5.92 Å². The van der Waals surface area contributed by atoms with Gasteiger partial charge in [0.25, 0.3) is 5.91 Å². The largest absolute Gasteiger partial charge is 0.369 e. The molecule has 3 rings (SSSR count). The molecule has 0 aliphatic carbocycles. The van der Waals surface area contributed by atoms with Gasteiger partial charge < -0.3 is 5.32 Å². The van der Waals surface area contributed by atoms with E-state index in [4.69, 9.17) is 0 Å². The number of hydrazine groups is 1. The third-order valence-electron chi connectivity index (χ3n) is 3.10. The fourth-order valence-corrected chi connectivity index (χ4v) is 2.29. The van der Waals surface area contributed by atoms with Gasteiger partial charge in [0.05, 0.1) is 0 Å². The Morgan fingerprint density at radius 2 is 2.06 bits per heavy atom. The first-order chi connectivity index (χ1) is 7.86. The molecule has 0 saturated carbocycles. The second-order valence-corrected chi connectivity index (χ2v) is 4.03. The summed E-state index contributed by atoms with van der Waals surface area (Å²) < 4.78 is 0. The quantitative estimate of drug-likeness (QED) is 0.719. The zero-order valence-corrected chi connectivity index (χ0v) is 8.76. The van der Waals surface area contributed by atoms with Gasteiger partial charge >= 0.3 is 0 Å². The van der Waals surface area contributed by atoms with E-state index >= 15 is 0 Å². The molecule has 0 radical (unpaired) electrons. The first-order valence-electron chi connectivity index (χ1n) is 5.40. The molecule has 2 heterocycles. The average molecular weight is 215 g/mol. The maximum Gasteiger partial charge on any atom is 0.264 e. The SMILES string of the molecule is O=C1C=CNC2C(c3ccccc3)CNN12. The lowest BCUT2D eigenvalue weighted by Gasteiger charge is -2.29. The molecule has 2 aliphatic heterocycles. The monoisotopic (exact) mass is 215 g/mol. The van der Waals surface area contributed by atoms with E-state index in [0.717, 1.165) is 6.54 Å². The van der Waals surface area contributed by atoms with Crippen LogP contribution < -0.4 is 10.7 Å². The Morgan fingerprint density at radius 1 is 1.25 bits per heavy atom. The number of rotatable bonds is 1. The summed E-state index contributed by atoms with van der Waals surface area (Å²) >= 11 is 0. The number of hydrogen-bond donors (Lipinski definition) is 2. The summed E-state index contributed by atoms with van der Waals surface area (Å²) in [6.45, 7) is 0.787. The standard InChI is InChI=1S/C12H13N3O/c16-11-6-7-13-12-10(8-14-15(11)12)9-4-2-1-3-5-9/h1-7,10,12-14H,8H2. The fourth-order valence-electron chi connectivity index (χ4n) is 2.29. The molecule has 1 aromatic rings. The molecule has 4 heteroatoms. The van der Waals surface area contributed by atoms with E-state index in [2.05, 4.69) is 22.9 Å². The van der Waals surface area contributed by atoms with Crippen LogP contribution in [0.1, 0.15) is 11.5 Å². The minimum atomic E-state index is 0.0159. The Kier molecular flexibility index (Phi) is 2.15. The van der Waals surface area contributed by atoms with Crippen LogP contribution in [0.25, 0.3) is 0 Å². The maximum atomic E-state index is 11.6. The van der Waals surface area contributed by atoms with E-state index in [9.17, 15) is 4.79 Å². The molecule has 1 fully saturated rings.